The molecule has 0 saturated carbocycles. The third kappa shape index (κ3) is 4.02. The number of carbonyl (C=O) groups is 2. The van der Waals surface area contributed by atoms with Crippen LogP contribution >= 0.6 is 0 Å². The van der Waals surface area contributed by atoms with Gasteiger partial charge in [0.1, 0.15) is 0 Å². The Bertz CT molecular complexity index is 658. The lowest BCUT2D eigenvalue weighted by atomic mass is 9.68. The van der Waals surface area contributed by atoms with Gasteiger partial charge in [0.25, 0.3) is 0 Å². The highest BCUT2D eigenvalue weighted by molar-refractivity contribution is 5.84. The number of piperidine rings is 2. The van der Waals surface area contributed by atoms with Gasteiger partial charge in [0, 0.05) is 32.2 Å². The van der Waals surface area contributed by atoms with Crippen molar-refractivity contribution >= 4 is 11.9 Å². The van der Waals surface area contributed by atoms with Crippen LogP contribution in [0, 0.1) is 5.41 Å². The normalized spacial score (nSPS) is 23.2. The molecule has 142 valence electrons. The number of likely N-dealkylation sites (N-methyl/N-ethyl adjacent to an activating group) is 1. The van der Waals surface area contributed by atoms with Crippen molar-refractivity contribution in [3.8, 4) is 0 Å². The summed E-state index contributed by atoms with van der Waals surface area (Å²) in [4.78, 5) is 29.0. The molecule has 0 aromatic heterocycles. The third-order valence-electron chi connectivity index (χ3n) is 5.68. The molecule has 1 N–H and O–H groups in total. The average Bonchev–Trinajstić information content (AvgIpc) is 2.58. The van der Waals surface area contributed by atoms with Gasteiger partial charge >= 0.3 is 6.03 Å². The Balaban J connectivity index is 1.69. The molecule has 1 aromatic carbocycles. The van der Waals surface area contributed by atoms with E-state index in [1.807, 2.05) is 55.8 Å². The maximum atomic E-state index is 12.7. The zero-order valence-electron chi connectivity index (χ0n) is 16.4. The molecule has 5 heteroatoms. The molecule has 2 saturated heterocycles. The summed E-state index contributed by atoms with van der Waals surface area (Å²) in [5.74, 6) is 0.152. The van der Waals surface area contributed by atoms with Crippen LogP contribution in [-0.4, -0.2) is 54.0 Å². The van der Waals surface area contributed by atoms with Gasteiger partial charge in [0.15, 0.2) is 0 Å². The lowest BCUT2D eigenvalue weighted by molar-refractivity contribution is -0.139. The summed E-state index contributed by atoms with van der Waals surface area (Å²) in [5, 5.41) is 3.05. The molecule has 0 radical (unpaired) electrons. The molecule has 0 aliphatic carbocycles. The van der Waals surface area contributed by atoms with Crippen molar-refractivity contribution < 1.29 is 9.59 Å². The maximum absolute atomic E-state index is 12.7. The number of hydrogen-bond donors (Lipinski definition) is 1. The Morgan fingerprint density at radius 2 is 1.77 bits per heavy atom. The van der Waals surface area contributed by atoms with E-state index in [0.717, 1.165) is 44.5 Å². The van der Waals surface area contributed by atoms with Gasteiger partial charge in [-0.2, -0.15) is 0 Å². The molecular formula is C21H31N3O2. The van der Waals surface area contributed by atoms with Crippen LogP contribution in [0.1, 0.15) is 51.5 Å². The Morgan fingerprint density at radius 3 is 2.35 bits per heavy atom. The summed E-state index contributed by atoms with van der Waals surface area (Å²) >= 11 is 0. The van der Waals surface area contributed by atoms with Crippen molar-refractivity contribution in [1.82, 2.24) is 15.1 Å². The summed E-state index contributed by atoms with van der Waals surface area (Å²) in [6.07, 6.45) is 2.78. The first kappa shape index (κ1) is 18.7. The molecule has 0 unspecified atom stereocenters. The molecule has 3 rings (SSSR count). The zero-order chi connectivity index (χ0) is 18.9. The van der Waals surface area contributed by atoms with Crippen molar-refractivity contribution in [2.45, 2.75) is 51.5 Å². The topological polar surface area (TPSA) is 52.6 Å². The highest BCUT2D eigenvalue weighted by atomic mass is 16.2. The molecule has 2 heterocycles. The molecule has 2 aliphatic heterocycles. The van der Waals surface area contributed by atoms with Crippen molar-refractivity contribution in [3.05, 3.63) is 35.9 Å². The van der Waals surface area contributed by atoms with Gasteiger partial charge in [-0.1, -0.05) is 30.3 Å². The number of amides is 3. The van der Waals surface area contributed by atoms with Gasteiger partial charge in [-0.15, -0.1) is 0 Å². The predicted molar refractivity (Wildman–Crippen MR) is 103 cm³/mol. The highest BCUT2D eigenvalue weighted by Crippen LogP contribution is 2.45. The standard InChI is InChI=1S/C21H31N3O2/c1-20(2,3)22-19(26)24-12-10-21(11-13-24)14-17(18(25)23(4)15-21)16-8-6-5-7-9-16/h5-9,17H,10-15H2,1-4H3,(H,22,26)/t17-/m1/s1. The van der Waals surface area contributed by atoms with E-state index in [1.54, 1.807) is 0 Å². The van der Waals surface area contributed by atoms with E-state index in [9.17, 15) is 9.59 Å². The van der Waals surface area contributed by atoms with Crippen molar-refractivity contribution in [1.29, 1.82) is 0 Å². The summed E-state index contributed by atoms with van der Waals surface area (Å²) in [6.45, 7) is 8.31. The van der Waals surface area contributed by atoms with Crippen LogP contribution in [0.15, 0.2) is 30.3 Å². The second-order valence-electron chi connectivity index (χ2n) is 9.03. The first-order valence-electron chi connectivity index (χ1n) is 9.56. The lowest BCUT2D eigenvalue weighted by Crippen LogP contribution is -2.56. The van der Waals surface area contributed by atoms with Crippen LogP contribution in [-0.2, 0) is 4.79 Å². The molecule has 1 atom stereocenters. The van der Waals surface area contributed by atoms with E-state index in [1.165, 1.54) is 0 Å². The lowest BCUT2D eigenvalue weighted by Gasteiger charge is -2.49. The summed E-state index contributed by atoms with van der Waals surface area (Å²) < 4.78 is 0. The summed E-state index contributed by atoms with van der Waals surface area (Å²) in [5.41, 5.74) is 1.00. The first-order valence-corrected chi connectivity index (χ1v) is 9.56. The molecule has 26 heavy (non-hydrogen) atoms. The Kier molecular flexibility index (Phi) is 5.00. The number of likely N-dealkylation sites (tertiary alicyclic amines) is 2. The van der Waals surface area contributed by atoms with E-state index >= 15 is 0 Å². The molecule has 5 nitrogen and oxygen atoms in total. The summed E-state index contributed by atoms with van der Waals surface area (Å²) in [6, 6.07) is 10.1. The molecule has 3 amide bonds. The van der Waals surface area contributed by atoms with Crippen LogP contribution < -0.4 is 5.32 Å². The molecule has 0 bridgehead atoms. The fourth-order valence-corrected chi connectivity index (χ4v) is 4.32. The van der Waals surface area contributed by atoms with Crippen molar-refractivity contribution in [2.75, 3.05) is 26.7 Å². The van der Waals surface area contributed by atoms with Crippen LogP contribution in [0.5, 0.6) is 0 Å². The minimum absolute atomic E-state index is 0.0206. The molecule has 2 aliphatic rings. The zero-order valence-corrected chi connectivity index (χ0v) is 16.4. The second-order valence-corrected chi connectivity index (χ2v) is 9.03. The smallest absolute Gasteiger partial charge is 0.317 e. The van der Waals surface area contributed by atoms with E-state index in [4.69, 9.17) is 0 Å². The van der Waals surface area contributed by atoms with Crippen LogP contribution in [0.3, 0.4) is 0 Å². The molecule has 1 aromatic rings. The quantitative estimate of drug-likeness (QED) is 0.839. The first-order chi connectivity index (χ1) is 12.2. The Morgan fingerprint density at radius 1 is 1.15 bits per heavy atom. The van der Waals surface area contributed by atoms with Crippen LogP contribution in [0.4, 0.5) is 4.79 Å². The number of benzene rings is 1. The fraction of sp³-hybridized carbons (Fsp3) is 0.619. The van der Waals surface area contributed by atoms with Gasteiger partial charge in [0.05, 0.1) is 5.92 Å². The van der Waals surface area contributed by atoms with E-state index in [0.29, 0.717) is 0 Å². The number of hydrogen-bond acceptors (Lipinski definition) is 2. The average molecular weight is 357 g/mol. The number of nitrogens with one attached hydrogen (secondary N) is 1. The van der Waals surface area contributed by atoms with Crippen LogP contribution in [0.25, 0.3) is 0 Å². The monoisotopic (exact) mass is 357 g/mol. The molecule has 1 spiro atoms. The van der Waals surface area contributed by atoms with E-state index < -0.39 is 0 Å². The number of nitrogens with zero attached hydrogens (tertiary/aromatic N) is 2. The van der Waals surface area contributed by atoms with Crippen LogP contribution in [0.2, 0.25) is 0 Å². The number of urea groups is 1. The SMILES string of the molecule is CN1CC2(CCN(C(=O)NC(C)(C)C)CC2)C[C@H](c2ccccc2)C1=O. The maximum Gasteiger partial charge on any atom is 0.317 e. The Hall–Kier alpha value is -2.04. The minimum Gasteiger partial charge on any atom is -0.345 e. The molecular weight excluding hydrogens is 326 g/mol. The minimum atomic E-state index is -0.220. The van der Waals surface area contributed by atoms with Crippen molar-refractivity contribution in [2.24, 2.45) is 5.41 Å². The third-order valence-corrected chi connectivity index (χ3v) is 5.68. The predicted octanol–water partition coefficient (Wildman–Crippen LogP) is 3.22. The number of rotatable bonds is 1. The Labute approximate surface area is 156 Å². The van der Waals surface area contributed by atoms with Gasteiger partial charge in [-0.25, -0.2) is 4.79 Å². The summed E-state index contributed by atoms with van der Waals surface area (Å²) in [7, 11) is 1.91. The van der Waals surface area contributed by atoms with Gasteiger partial charge in [-0.05, 0) is 51.0 Å². The number of carbonyl (C=O) groups excluding carboxylic acids is 2. The largest absolute Gasteiger partial charge is 0.345 e. The van der Waals surface area contributed by atoms with Gasteiger partial charge < -0.3 is 15.1 Å². The van der Waals surface area contributed by atoms with E-state index in [2.05, 4.69) is 17.4 Å². The fourth-order valence-electron chi connectivity index (χ4n) is 4.32. The van der Waals surface area contributed by atoms with E-state index in [-0.39, 0.29) is 28.8 Å². The van der Waals surface area contributed by atoms with Gasteiger partial charge in [0.2, 0.25) is 5.91 Å². The second kappa shape index (κ2) is 6.93. The highest BCUT2D eigenvalue weighted by Gasteiger charge is 2.45. The van der Waals surface area contributed by atoms with Crippen molar-refractivity contribution in [3.63, 3.8) is 0 Å². The molecule has 2 fully saturated rings. The van der Waals surface area contributed by atoms with Gasteiger partial charge in [-0.3, -0.25) is 4.79 Å².